The van der Waals surface area contributed by atoms with Crippen molar-refractivity contribution in [2.24, 2.45) is 0 Å². The minimum Gasteiger partial charge on any atom is -0.508 e. The average Bonchev–Trinajstić information content (AvgIpc) is 2.15. The van der Waals surface area contributed by atoms with Gasteiger partial charge in [-0.3, -0.25) is 10.1 Å². The van der Waals surface area contributed by atoms with Crippen LogP contribution in [-0.4, -0.2) is 24.2 Å². The second-order valence-corrected chi connectivity index (χ2v) is 3.63. The van der Waals surface area contributed by atoms with E-state index in [9.17, 15) is 9.90 Å². The van der Waals surface area contributed by atoms with Crippen molar-refractivity contribution in [1.82, 2.24) is 5.32 Å². The van der Waals surface area contributed by atoms with Gasteiger partial charge in [-0.05, 0) is 24.1 Å². The molecule has 2 unspecified atom stereocenters. The van der Waals surface area contributed by atoms with E-state index in [4.69, 9.17) is 0 Å². The van der Waals surface area contributed by atoms with E-state index < -0.39 is 0 Å². The van der Waals surface area contributed by atoms with Crippen LogP contribution in [0.15, 0.2) is 24.3 Å². The molecule has 1 fully saturated rings. The van der Waals surface area contributed by atoms with Gasteiger partial charge in [0.05, 0.1) is 7.11 Å². The lowest BCUT2D eigenvalue weighted by atomic mass is 9.91. The Hall–Kier alpha value is -1.55. The molecule has 80 valence electrons. The number of ether oxygens (including phenoxy) is 1. The first kappa shape index (κ1) is 9.98. The van der Waals surface area contributed by atoms with Crippen LogP contribution in [0.1, 0.15) is 18.0 Å². The molecule has 4 nitrogen and oxygen atoms in total. The molecular weight excluding hydrogens is 194 g/mol. The van der Waals surface area contributed by atoms with Gasteiger partial charge in [0.1, 0.15) is 11.8 Å². The molecule has 1 aliphatic rings. The summed E-state index contributed by atoms with van der Waals surface area (Å²) in [5.74, 6) is 0.0159. The van der Waals surface area contributed by atoms with Crippen LogP contribution >= 0.6 is 0 Å². The molecule has 0 aliphatic carbocycles. The lowest BCUT2D eigenvalue weighted by Crippen LogP contribution is -2.51. The molecule has 0 amide bonds. The Balaban J connectivity index is 1.97. The van der Waals surface area contributed by atoms with Gasteiger partial charge >= 0.3 is 5.97 Å². The molecule has 0 bridgehead atoms. The van der Waals surface area contributed by atoms with E-state index in [2.05, 4.69) is 10.1 Å². The predicted octanol–water partition coefficient (Wildman–Crippen LogP) is 0.968. The predicted molar refractivity (Wildman–Crippen MR) is 54.4 cm³/mol. The van der Waals surface area contributed by atoms with Crippen molar-refractivity contribution in [2.45, 2.75) is 18.5 Å². The number of aromatic hydroxyl groups is 1. The summed E-state index contributed by atoms with van der Waals surface area (Å²) >= 11 is 0. The van der Waals surface area contributed by atoms with E-state index in [1.54, 1.807) is 18.2 Å². The standard InChI is InChI=1S/C11H13NO3/c1-15-11(14)10-6-9(12-10)7-3-2-4-8(13)5-7/h2-5,9-10,12-13H,6H2,1H3. The van der Waals surface area contributed by atoms with Gasteiger partial charge in [0.15, 0.2) is 0 Å². The third-order valence-corrected chi connectivity index (χ3v) is 2.63. The summed E-state index contributed by atoms with van der Waals surface area (Å²) in [5, 5.41) is 12.4. The molecule has 0 saturated carbocycles. The summed E-state index contributed by atoms with van der Waals surface area (Å²) in [6.07, 6.45) is 0.718. The van der Waals surface area contributed by atoms with Crippen LogP contribution in [0.5, 0.6) is 5.75 Å². The molecular formula is C11H13NO3. The molecule has 1 aliphatic heterocycles. The van der Waals surface area contributed by atoms with Gasteiger partial charge < -0.3 is 9.84 Å². The molecule has 0 aromatic heterocycles. The van der Waals surface area contributed by atoms with Gasteiger partial charge in [0, 0.05) is 6.04 Å². The highest BCUT2D eigenvalue weighted by atomic mass is 16.5. The summed E-state index contributed by atoms with van der Waals surface area (Å²) < 4.78 is 4.61. The van der Waals surface area contributed by atoms with Crippen molar-refractivity contribution in [3.63, 3.8) is 0 Å². The lowest BCUT2D eigenvalue weighted by Gasteiger charge is -2.35. The Kier molecular flexibility index (Phi) is 2.60. The number of phenolic OH excluding ortho intramolecular Hbond substituents is 1. The number of rotatable bonds is 2. The van der Waals surface area contributed by atoms with Crippen LogP contribution in [0.3, 0.4) is 0 Å². The Morgan fingerprint density at radius 3 is 2.93 bits per heavy atom. The lowest BCUT2D eigenvalue weighted by molar-refractivity contribution is -0.146. The van der Waals surface area contributed by atoms with Gasteiger partial charge in [-0.25, -0.2) is 0 Å². The molecule has 1 aromatic carbocycles. The van der Waals surface area contributed by atoms with Crippen molar-refractivity contribution in [1.29, 1.82) is 0 Å². The van der Waals surface area contributed by atoms with E-state index in [-0.39, 0.29) is 23.8 Å². The first-order valence-electron chi connectivity index (χ1n) is 4.83. The summed E-state index contributed by atoms with van der Waals surface area (Å²) in [6, 6.07) is 6.97. The van der Waals surface area contributed by atoms with Crippen LogP contribution in [0.2, 0.25) is 0 Å². The van der Waals surface area contributed by atoms with Gasteiger partial charge in [-0.2, -0.15) is 0 Å². The topological polar surface area (TPSA) is 58.6 Å². The summed E-state index contributed by atoms with van der Waals surface area (Å²) in [4.78, 5) is 11.1. The second-order valence-electron chi connectivity index (χ2n) is 3.63. The number of benzene rings is 1. The van der Waals surface area contributed by atoms with Gasteiger partial charge in [0.2, 0.25) is 0 Å². The minimum atomic E-state index is -0.230. The highest BCUT2D eigenvalue weighted by molar-refractivity contribution is 5.77. The molecule has 2 N–H and O–H groups in total. The molecule has 15 heavy (non-hydrogen) atoms. The molecule has 0 radical (unpaired) electrons. The van der Waals surface area contributed by atoms with Gasteiger partial charge in [-0.1, -0.05) is 12.1 Å². The zero-order chi connectivity index (χ0) is 10.8. The Morgan fingerprint density at radius 2 is 2.33 bits per heavy atom. The second kappa shape index (κ2) is 3.90. The van der Waals surface area contributed by atoms with Crippen LogP contribution in [0.25, 0.3) is 0 Å². The number of hydrogen-bond donors (Lipinski definition) is 2. The van der Waals surface area contributed by atoms with Crippen LogP contribution in [-0.2, 0) is 9.53 Å². The SMILES string of the molecule is COC(=O)C1CC(c2cccc(O)c2)N1. The van der Waals surface area contributed by atoms with E-state index in [0.717, 1.165) is 12.0 Å². The fraction of sp³-hybridized carbons (Fsp3) is 0.364. The van der Waals surface area contributed by atoms with Gasteiger partial charge in [-0.15, -0.1) is 0 Å². The number of carbonyl (C=O) groups is 1. The first-order valence-corrected chi connectivity index (χ1v) is 4.83. The molecule has 0 spiro atoms. The third kappa shape index (κ3) is 1.94. The first-order chi connectivity index (χ1) is 7.20. The van der Waals surface area contributed by atoms with Crippen molar-refractivity contribution in [2.75, 3.05) is 7.11 Å². The maximum absolute atomic E-state index is 11.1. The van der Waals surface area contributed by atoms with Gasteiger partial charge in [0.25, 0.3) is 0 Å². The number of methoxy groups -OCH3 is 1. The number of carbonyl (C=O) groups excluding carboxylic acids is 1. The summed E-state index contributed by atoms with van der Waals surface area (Å²) in [6.45, 7) is 0. The highest BCUT2D eigenvalue weighted by Gasteiger charge is 2.35. The largest absolute Gasteiger partial charge is 0.508 e. The van der Waals surface area contributed by atoms with E-state index in [1.807, 2.05) is 6.07 Å². The molecule has 2 rings (SSSR count). The monoisotopic (exact) mass is 207 g/mol. The number of esters is 1. The van der Waals surface area contributed by atoms with Crippen molar-refractivity contribution >= 4 is 5.97 Å². The number of nitrogens with one attached hydrogen (secondary N) is 1. The minimum absolute atomic E-state index is 0.140. The molecule has 1 aromatic rings. The molecule has 4 heteroatoms. The van der Waals surface area contributed by atoms with Crippen LogP contribution in [0.4, 0.5) is 0 Å². The quantitative estimate of drug-likeness (QED) is 0.709. The zero-order valence-electron chi connectivity index (χ0n) is 8.43. The maximum atomic E-state index is 11.1. The smallest absolute Gasteiger partial charge is 0.322 e. The maximum Gasteiger partial charge on any atom is 0.322 e. The fourth-order valence-electron chi connectivity index (χ4n) is 1.73. The number of phenols is 1. The fourth-order valence-corrected chi connectivity index (χ4v) is 1.73. The van der Waals surface area contributed by atoms with Crippen molar-refractivity contribution < 1.29 is 14.6 Å². The van der Waals surface area contributed by atoms with Crippen molar-refractivity contribution in [3.05, 3.63) is 29.8 Å². The molecule has 1 heterocycles. The van der Waals surface area contributed by atoms with Crippen LogP contribution in [0, 0.1) is 0 Å². The Bertz CT molecular complexity index is 372. The Morgan fingerprint density at radius 1 is 1.60 bits per heavy atom. The zero-order valence-corrected chi connectivity index (χ0v) is 8.43. The Labute approximate surface area is 87.9 Å². The number of hydrogen-bond acceptors (Lipinski definition) is 4. The molecule has 1 saturated heterocycles. The summed E-state index contributed by atoms with van der Waals surface area (Å²) in [7, 11) is 1.38. The third-order valence-electron chi connectivity index (χ3n) is 2.63. The van der Waals surface area contributed by atoms with E-state index >= 15 is 0 Å². The van der Waals surface area contributed by atoms with Crippen LogP contribution < -0.4 is 5.32 Å². The summed E-state index contributed by atoms with van der Waals surface area (Å²) in [5.41, 5.74) is 0.996. The van der Waals surface area contributed by atoms with Crippen molar-refractivity contribution in [3.8, 4) is 5.75 Å². The average molecular weight is 207 g/mol. The van der Waals surface area contributed by atoms with E-state index in [0.29, 0.717) is 0 Å². The normalized spacial score (nSPS) is 24.3. The highest BCUT2D eigenvalue weighted by Crippen LogP contribution is 2.29. The van der Waals surface area contributed by atoms with E-state index in [1.165, 1.54) is 7.11 Å². The molecule has 2 atom stereocenters.